The van der Waals surface area contributed by atoms with E-state index in [4.69, 9.17) is 4.42 Å². The molecule has 2 amide bonds. The van der Waals surface area contributed by atoms with Crippen LogP contribution in [0.4, 0.5) is 4.79 Å². The second-order valence-electron chi connectivity index (χ2n) is 6.87. The van der Waals surface area contributed by atoms with Crippen molar-refractivity contribution >= 4 is 6.03 Å². The fraction of sp³-hybridized carbons (Fsp3) is 0.722. The summed E-state index contributed by atoms with van der Waals surface area (Å²) >= 11 is 0. The Bertz CT molecular complexity index is 461. The van der Waals surface area contributed by atoms with E-state index in [2.05, 4.69) is 10.2 Å². The highest BCUT2D eigenvalue weighted by atomic mass is 16.3. The van der Waals surface area contributed by atoms with E-state index in [1.807, 2.05) is 17.0 Å². The molecule has 1 aromatic heterocycles. The molecule has 1 aliphatic heterocycles. The van der Waals surface area contributed by atoms with Gasteiger partial charge in [0, 0.05) is 32.7 Å². The first-order chi connectivity index (χ1) is 11.3. The van der Waals surface area contributed by atoms with E-state index in [0.717, 1.165) is 57.4 Å². The lowest BCUT2D eigenvalue weighted by Gasteiger charge is -2.34. The van der Waals surface area contributed by atoms with E-state index in [-0.39, 0.29) is 6.03 Å². The zero-order valence-corrected chi connectivity index (χ0v) is 14.0. The Labute approximate surface area is 139 Å². The number of nitrogens with one attached hydrogen (secondary N) is 1. The monoisotopic (exact) mass is 319 g/mol. The van der Waals surface area contributed by atoms with E-state index in [1.165, 1.54) is 32.1 Å². The molecule has 0 unspecified atom stereocenters. The minimum Gasteiger partial charge on any atom is -0.468 e. The van der Waals surface area contributed by atoms with Crippen molar-refractivity contribution in [3.05, 3.63) is 24.2 Å². The molecule has 1 saturated heterocycles. The first-order valence-electron chi connectivity index (χ1n) is 9.09. The molecular weight excluding hydrogens is 290 g/mol. The molecule has 1 N–H and O–H groups in total. The van der Waals surface area contributed by atoms with E-state index < -0.39 is 0 Å². The Kier molecular flexibility index (Phi) is 5.97. The lowest BCUT2D eigenvalue weighted by Crippen LogP contribution is -2.51. The number of carbonyl (C=O) groups excluding carboxylic acids is 1. The second kappa shape index (κ2) is 8.39. The summed E-state index contributed by atoms with van der Waals surface area (Å²) in [5, 5.41) is 3.09. The highest BCUT2D eigenvalue weighted by Gasteiger charge is 2.21. The Morgan fingerprint density at radius 1 is 1.22 bits per heavy atom. The van der Waals surface area contributed by atoms with Gasteiger partial charge in [0.25, 0.3) is 0 Å². The van der Waals surface area contributed by atoms with Crippen molar-refractivity contribution in [1.29, 1.82) is 0 Å². The summed E-state index contributed by atoms with van der Waals surface area (Å²) in [5.74, 6) is 1.91. The molecule has 0 bridgehead atoms. The van der Waals surface area contributed by atoms with Crippen molar-refractivity contribution < 1.29 is 9.21 Å². The molecule has 0 spiro atoms. The Morgan fingerprint density at radius 3 is 2.70 bits per heavy atom. The van der Waals surface area contributed by atoms with Gasteiger partial charge in [0.05, 0.1) is 12.8 Å². The van der Waals surface area contributed by atoms with Gasteiger partial charge in [0.15, 0.2) is 0 Å². The predicted molar refractivity (Wildman–Crippen MR) is 90.1 cm³/mol. The number of amides is 2. The predicted octanol–water partition coefficient (Wildman–Crippen LogP) is 3.08. The first kappa shape index (κ1) is 16.4. The molecule has 5 heteroatoms. The Hall–Kier alpha value is -1.49. The molecule has 0 atom stereocenters. The van der Waals surface area contributed by atoms with Crippen LogP contribution in [0.2, 0.25) is 0 Å². The quantitative estimate of drug-likeness (QED) is 0.820. The van der Waals surface area contributed by atoms with Gasteiger partial charge < -0.3 is 14.6 Å². The Balaban J connectivity index is 1.28. The average Bonchev–Trinajstić information content (AvgIpc) is 3.26. The summed E-state index contributed by atoms with van der Waals surface area (Å²) in [6.45, 7) is 5.09. The number of hydrogen-bond donors (Lipinski definition) is 1. The van der Waals surface area contributed by atoms with Gasteiger partial charge in [0.1, 0.15) is 5.76 Å². The number of hydrogen-bond acceptors (Lipinski definition) is 3. The molecule has 2 heterocycles. The van der Waals surface area contributed by atoms with Crippen LogP contribution in [0.3, 0.4) is 0 Å². The molecule has 128 valence electrons. The normalized spacial score (nSPS) is 20.1. The van der Waals surface area contributed by atoms with Gasteiger partial charge in [0.2, 0.25) is 0 Å². The summed E-state index contributed by atoms with van der Waals surface area (Å²) in [4.78, 5) is 16.5. The first-order valence-corrected chi connectivity index (χ1v) is 9.09. The van der Waals surface area contributed by atoms with Crippen LogP contribution < -0.4 is 5.32 Å². The van der Waals surface area contributed by atoms with Crippen LogP contribution in [0.25, 0.3) is 0 Å². The number of piperazine rings is 1. The van der Waals surface area contributed by atoms with Crippen LogP contribution in [-0.2, 0) is 6.54 Å². The van der Waals surface area contributed by atoms with Crippen molar-refractivity contribution in [2.24, 2.45) is 5.92 Å². The third-order valence-electron chi connectivity index (χ3n) is 5.16. The van der Waals surface area contributed by atoms with Crippen LogP contribution >= 0.6 is 0 Å². The molecule has 5 nitrogen and oxygen atoms in total. The average molecular weight is 319 g/mol. The molecule has 3 rings (SSSR count). The van der Waals surface area contributed by atoms with Crippen molar-refractivity contribution in [3.63, 3.8) is 0 Å². The lowest BCUT2D eigenvalue weighted by molar-refractivity contribution is 0.130. The number of nitrogens with zero attached hydrogens (tertiary/aromatic N) is 2. The highest BCUT2D eigenvalue weighted by molar-refractivity contribution is 5.74. The molecule has 0 aromatic carbocycles. The van der Waals surface area contributed by atoms with Crippen molar-refractivity contribution in [2.45, 2.75) is 45.1 Å². The molecule has 0 radical (unpaired) electrons. The summed E-state index contributed by atoms with van der Waals surface area (Å²) in [6.07, 6.45) is 9.70. The van der Waals surface area contributed by atoms with Crippen molar-refractivity contribution in [3.8, 4) is 0 Å². The van der Waals surface area contributed by atoms with Gasteiger partial charge in [-0.05, 0) is 30.9 Å². The zero-order chi connectivity index (χ0) is 15.9. The lowest BCUT2D eigenvalue weighted by atomic mass is 10.0. The molecule has 1 saturated carbocycles. The number of furan rings is 1. The largest absolute Gasteiger partial charge is 0.468 e. The fourth-order valence-corrected chi connectivity index (χ4v) is 3.73. The minimum absolute atomic E-state index is 0.106. The van der Waals surface area contributed by atoms with Gasteiger partial charge >= 0.3 is 6.03 Å². The van der Waals surface area contributed by atoms with E-state index in [0.29, 0.717) is 0 Å². The standard InChI is InChI=1S/C18H29N3O2/c22-18(19-9-3-7-16-5-1-2-6-16)21-12-10-20(11-13-21)15-17-8-4-14-23-17/h4,8,14,16H,1-3,5-7,9-13,15H2,(H,19,22). The van der Waals surface area contributed by atoms with Gasteiger partial charge in [-0.1, -0.05) is 25.7 Å². The van der Waals surface area contributed by atoms with Crippen LogP contribution in [0, 0.1) is 5.92 Å². The van der Waals surface area contributed by atoms with Crippen LogP contribution in [0.15, 0.2) is 22.8 Å². The van der Waals surface area contributed by atoms with Crippen molar-refractivity contribution in [2.75, 3.05) is 32.7 Å². The molecule has 1 aromatic rings. The van der Waals surface area contributed by atoms with E-state index in [9.17, 15) is 4.79 Å². The maximum atomic E-state index is 12.2. The number of urea groups is 1. The molecule has 2 fully saturated rings. The number of carbonyl (C=O) groups is 1. The smallest absolute Gasteiger partial charge is 0.317 e. The minimum atomic E-state index is 0.106. The topological polar surface area (TPSA) is 48.7 Å². The number of rotatable bonds is 6. The maximum absolute atomic E-state index is 12.2. The van der Waals surface area contributed by atoms with Crippen LogP contribution in [0.5, 0.6) is 0 Å². The molecule has 23 heavy (non-hydrogen) atoms. The van der Waals surface area contributed by atoms with Crippen LogP contribution in [-0.4, -0.2) is 48.6 Å². The van der Waals surface area contributed by atoms with E-state index >= 15 is 0 Å². The van der Waals surface area contributed by atoms with Gasteiger partial charge in [-0.15, -0.1) is 0 Å². The molecular formula is C18H29N3O2. The summed E-state index contributed by atoms with van der Waals surface area (Å²) < 4.78 is 5.38. The zero-order valence-electron chi connectivity index (χ0n) is 14.0. The third-order valence-corrected chi connectivity index (χ3v) is 5.16. The van der Waals surface area contributed by atoms with Crippen molar-refractivity contribution in [1.82, 2.24) is 15.1 Å². The van der Waals surface area contributed by atoms with E-state index in [1.54, 1.807) is 6.26 Å². The van der Waals surface area contributed by atoms with Gasteiger partial charge in [-0.2, -0.15) is 0 Å². The molecule has 2 aliphatic rings. The van der Waals surface area contributed by atoms with Crippen LogP contribution in [0.1, 0.15) is 44.3 Å². The summed E-state index contributed by atoms with van der Waals surface area (Å²) in [7, 11) is 0. The molecule has 1 aliphatic carbocycles. The Morgan fingerprint density at radius 2 is 2.00 bits per heavy atom. The SMILES string of the molecule is O=C(NCCCC1CCCC1)N1CCN(Cc2ccco2)CC1. The van der Waals surface area contributed by atoms with Gasteiger partial charge in [-0.25, -0.2) is 4.79 Å². The maximum Gasteiger partial charge on any atom is 0.317 e. The summed E-state index contributed by atoms with van der Waals surface area (Å²) in [6, 6.07) is 4.03. The second-order valence-corrected chi connectivity index (χ2v) is 6.87. The van der Waals surface area contributed by atoms with Gasteiger partial charge in [-0.3, -0.25) is 4.90 Å². The fourth-order valence-electron chi connectivity index (χ4n) is 3.73. The summed E-state index contributed by atoms with van der Waals surface area (Å²) in [5.41, 5.74) is 0. The third kappa shape index (κ3) is 4.99. The highest BCUT2D eigenvalue weighted by Crippen LogP contribution is 2.28.